The van der Waals surface area contributed by atoms with Gasteiger partial charge in [0.15, 0.2) is 0 Å². The molecule has 19 heavy (non-hydrogen) atoms. The summed E-state index contributed by atoms with van der Waals surface area (Å²) in [5, 5.41) is 13.8. The molecule has 1 aromatic carbocycles. The summed E-state index contributed by atoms with van der Waals surface area (Å²) >= 11 is 1.86. The number of thioether (sulfide) groups is 1. The summed E-state index contributed by atoms with van der Waals surface area (Å²) in [6.07, 6.45) is 4.23. The van der Waals surface area contributed by atoms with Crippen LogP contribution in [0, 0.1) is 5.92 Å². The van der Waals surface area contributed by atoms with E-state index < -0.39 is 5.60 Å². The van der Waals surface area contributed by atoms with Gasteiger partial charge in [0.2, 0.25) is 0 Å². The van der Waals surface area contributed by atoms with E-state index in [9.17, 15) is 5.11 Å². The van der Waals surface area contributed by atoms with Gasteiger partial charge in [0.05, 0.1) is 5.60 Å². The first-order valence-corrected chi connectivity index (χ1v) is 8.27. The van der Waals surface area contributed by atoms with Crippen molar-refractivity contribution < 1.29 is 5.11 Å². The van der Waals surface area contributed by atoms with Crippen molar-refractivity contribution in [3.05, 3.63) is 30.3 Å². The number of hydrogen-bond donors (Lipinski definition) is 2. The molecule has 0 heterocycles. The number of rotatable bonds is 6. The van der Waals surface area contributed by atoms with Gasteiger partial charge in [-0.1, -0.05) is 25.1 Å². The minimum absolute atomic E-state index is 0.454. The van der Waals surface area contributed by atoms with Crippen molar-refractivity contribution in [1.29, 1.82) is 0 Å². The van der Waals surface area contributed by atoms with Crippen molar-refractivity contribution in [3.8, 4) is 0 Å². The molecule has 0 spiro atoms. The molecule has 1 aliphatic carbocycles. The van der Waals surface area contributed by atoms with Crippen molar-refractivity contribution in [3.63, 3.8) is 0 Å². The standard InChI is InChI=1S/C16H25NOS/c1-14-7-9-16(18,10-8-14)13-17-11-12-19-15-5-3-2-4-6-15/h2-6,14,17-18H,7-13H2,1H3. The van der Waals surface area contributed by atoms with Gasteiger partial charge in [-0.15, -0.1) is 11.8 Å². The molecule has 3 heteroatoms. The van der Waals surface area contributed by atoms with Crippen molar-refractivity contribution >= 4 is 11.8 Å². The fourth-order valence-corrected chi connectivity index (χ4v) is 3.39. The second kappa shape index (κ2) is 7.32. The second-order valence-electron chi connectivity index (χ2n) is 5.75. The molecular formula is C16H25NOS. The Hall–Kier alpha value is -0.510. The van der Waals surface area contributed by atoms with E-state index in [1.54, 1.807) is 0 Å². The average Bonchev–Trinajstić information content (AvgIpc) is 2.43. The molecule has 1 aliphatic rings. The maximum Gasteiger partial charge on any atom is 0.0771 e. The van der Waals surface area contributed by atoms with Crippen LogP contribution in [0.3, 0.4) is 0 Å². The Morgan fingerprint density at radius 3 is 2.63 bits per heavy atom. The first-order valence-electron chi connectivity index (χ1n) is 7.29. The van der Waals surface area contributed by atoms with Crippen LogP contribution >= 0.6 is 11.8 Å². The zero-order chi connectivity index (χ0) is 13.6. The van der Waals surface area contributed by atoms with E-state index in [0.717, 1.165) is 50.4 Å². The summed E-state index contributed by atoms with van der Waals surface area (Å²) in [7, 11) is 0. The van der Waals surface area contributed by atoms with Crippen LogP contribution in [0.15, 0.2) is 35.2 Å². The number of hydrogen-bond acceptors (Lipinski definition) is 3. The van der Waals surface area contributed by atoms with Crippen molar-refractivity contribution in [2.24, 2.45) is 5.92 Å². The Morgan fingerprint density at radius 2 is 1.95 bits per heavy atom. The molecule has 0 bridgehead atoms. The van der Waals surface area contributed by atoms with Crippen LogP contribution in [-0.4, -0.2) is 29.5 Å². The molecule has 1 fully saturated rings. The van der Waals surface area contributed by atoms with Crippen LogP contribution in [0.5, 0.6) is 0 Å². The van der Waals surface area contributed by atoms with Gasteiger partial charge in [0.1, 0.15) is 0 Å². The molecule has 0 aliphatic heterocycles. The van der Waals surface area contributed by atoms with E-state index >= 15 is 0 Å². The molecule has 2 rings (SSSR count). The first-order chi connectivity index (χ1) is 9.18. The highest BCUT2D eigenvalue weighted by Crippen LogP contribution is 2.31. The molecule has 106 valence electrons. The van der Waals surface area contributed by atoms with Crippen LogP contribution < -0.4 is 5.32 Å². The van der Waals surface area contributed by atoms with Gasteiger partial charge in [-0.3, -0.25) is 0 Å². The fraction of sp³-hybridized carbons (Fsp3) is 0.625. The van der Waals surface area contributed by atoms with Crippen molar-refractivity contribution in [2.45, 2.75) is 43.1 Å². The zero-order valence-electron chi connectivity index (χ0n) is 11.8. The predicted octanol–water partition coefficient (Wildman–Crippen LogP) is 3.31. The minimum Gasteiger partial charge on any atom is -0.389 e. The summed E-state index contributed by atoms with van der Waals surface area (Å²) in [6.45, 7) is 3.98. The van der Waals surface area contributed by atoms with E-state index in [0.29, 0.717) is 0 Å². The molecule has 0 saturated heterocycles. The lowest BCUT2D eigenvalue weighted by Crippen LogP contribution is -2.43. The highest BCUT2D eigenvalue weighted by Gasteiger charge is 2.30. The largest absolute Gasteiger partial charge is 0.389 e. The lowest BCUT2D eigenvalue weighted by Gasteiger charge is -2.35. The summed E-state index contributed by atoms with van der Waals surface area (Å²) in [6, 6.07) is 10.5. The van der Waals surface area contributed by atoms with Gasteiger partial charge in [-0.25, -0.2) is 0 Å². The number of aliphatic hydroxyl groups is 1. The molecule has 2 nitrogen and oxygen atoms in total. The Morgan fingerprint density at radius 1 is 1.26 bits per heavy atom. The smallest absolute Gasteiger partial charge is 0.0771 e. The quantitative estimate of drug-likeness (QED) is 0.619. The molecular weight excluding hydrogens is 254 g/mol. The lowest BCUT2D eigenvalue weighted by atomic mass is 9.79. The first kappa shape index (κ1) is 14.9. The van der Waals surface area contributed by atoms with Crippen LogP contribution in [0.1, 0.15) is 32.6 Å². The van der Waals surface area contributed by atoms with Crippen LogP contribution in [0.2, 0.25) is 0 Å². The maximum atomic E-state index is 10.4. The predicted molar refractivity (Wildman–Crippen MR) is 82.6 cm³/mol. The maximum absolute atomic E-state index is 10.4. The highest BCUT2D eigenvalue weighted by atomic mass is 32.2. The second-order valence-corrected chi connectivity index (χ2v) is 6.91. The summed E-state index contributed by atoms with van der Waals surface area (Å²) in [4.78, 5) is 1.31. The van der Waals surface area contributed by atoms with Gasteiger partial charge >= 0.3 is 0 Å². The number of nitrogens with one attached hydrogen (secondary N) is 1. The normalized spacial score (nSPS) is 27.4. The van der Waals surface area contributed by atoms with Gasteiger partial charge in [0.25, 0.3) is 0 Å². The SMILES string of the molecule is CC1CCC(O)(CNCCSc2ccccc2)CC1. The minimum atomic E-state index is -0.454. The third-order valence-corrected chi connectivity index (χ3v) is 4.96. The van der Waals surface area contributed by atoms with Crippen LogP contribution in [0.4, 0.5) is 0 Å². The molecule has 0 amide bonds. The fourth-order valence-electron chi connectivity index (χ4n) is 2.56. The van der Waals surface area contributed by atoms with Crippen molar-refractivity contribution in [1.82, 2.24) is 5.32 Å². The molecule has 0 atom stereocenters. The van der Waals surface area contributed by atoms with Gasteiger partial charge in [-0.2, -0.15) is 0 Å². The van der Waals surface area contributed by atoms with E-state index in [4.69, 9.17) is 0 Å². The van der Waals surface area contributed by atoms with Crippen molar-refractivity contribution in [2.75, 3.05) is 18.8 Å². The molecule has 2 N–H and O–H groups in total. The van der Waals surface area contributed by atoms with Crippen LogP contribution in [0.25, 0.3) is 0 Å². The van der Waals surface area contributed by atoms with Gasteiger partial charge < -0.3 is 10.4 Å². The zero-order valence-corrected chi connectivity index (χ0v) is 12.6. The monoisotopic (exact) mass is 279 g/mol. The Bertz CT molecular complexity index is 360. The molecule has 0 radical (unpaired) electrons. The molecule has 0 aromatic heterocycles. The Labute approximate surface area is 121 Å². The topological polar surface area (TPSA) is 32.3 Å². The van der Waals surface area contributed by atoms with E-state index in [2.05, 4.69) is 36.5 Å². The number of benzene rings is 1. The van der Waals surface area contributed by atoms with E-state index in [-0.39, 0.29) is 0 Å². The van der Waals surface area contributed by atoms with E-state index in [1.165, 1.54) is 4.90 Å². The van der Waals surface area contributed by atoms with E-state index in [1.807, 2.05) is 17.8 Å². The highest BCUT2D eigenvalue weighted by molar-refractivity contribution is 7.99. The van der Waals surface area contributed by atoms with Crippen LogP contribution in [-0.2, 0) is 0 Å². The molecule has 0 unspecified atom stereocenters. The average molecular weight is 279 g/mol. The Balaban J connectivity index is 1.59. The Kier molecular flexibility index (Phi) is 5.74. The molecule has 1 saturated carbocycles. The summed E-state index contributed by atoms with van der Waals surface area (Å²) in [5.41, 5.74) is -0.454. The van der Waals surface area contributed by atoms with Gasteiger partial charge in [-0.05, 0) is 43.7 Å². The summed E-state index contributed by atoms with van der Waals surface area (Å²) < 4.78 is 0. The third kappa shape index (κ3) is 5.17. The van der Waals surface area contributed by atoms with Gasteiger partial charge in [0, 0.05) is 23.7 Å². The lowest BCUT2D eigenvalue weighted by molar-refractivity contribution is -0.00556. The summed E-state index contributed by atoms with van der Waals surface area (Å²) in [5.74, 6) is 1.84. The molecule has 1 aromatic rings. The third-order valence-electron chi connectivity index (χ3n) is 3.95.